The Morgan fingerprint density at radius 3 is 2.61 bits per heavy atom. The van der Waals surface area contributed by atoms with E-state index in [9.17, 15) is 20.1 Å². The summed E-state index contributed by atoms with van der Waals surface area (Å²) in [7, 11) is 1.91. The largest absolute Gasteiger partial charge is 0.507 e. The fourth-order valence-corrected chi connectivity index (χ4v) is 5.68. The average molecular weight is 471 g/mol. The van der Waals surface area contributed by atoms with Crippen LogP contribution in [-0.2, 0) is 0 Å². The van der Waals surface area contributed by atoms with Crippen molar-refractivity contribution in [1.82, 2.24) is 4.90 Å². The molecule has 0 amide bonds. The summed E-state index contributed by atoms with van der Waals surface area (Å²) < 4.78 is 6.24. The normalized spacial score (nSPS) is 21.4. The van der Waals surface area contributed by atoms with Gasteiger partial charge in [-0.1, -0.05) is 17.7 Å². The molecule has 33 heavy (non-hydrogen) atoms. The number of rotatable bonds is 4. The van der Waals surface area contributed by atoms with Crippen LogP contribution in [0.25, 0.3) is 22.3 Å². The van der Waals surface area contributed by atoms with Crippen LogP contribution >= 0.6 is 11.6 Å². The first kappa shape index (κ1) is 22.1. The maximum absolute atomic E-state index is 13.1. The van der Waals surface area contributed by atoms with Crippen LogP contribution in [0.3, 0.4) is 0 Å². The molecule has 174 valence electrons. The van der Waals surface area contributed by atoms with Gasteiger partial charge in [0.1, 0.15) is 28.2 Å². The van der Waals surface area contributed by atoms with Crippen molar-refractivity contribution in [3.63, 3.8) is 0 Å². The van der Waals surface area contributed by atoms with Gasteiger partial charge in [-0.05, 0) is 45.0 Å². The minimum Gasteiger partial charge on any atom is -0.507 e. The summed E-state index contributed by atoms with van der Waals surface area (Å²) >= 11 is 6.78. The molecule has 3 heterocycles. The van der Waals surface area contributed by atoms with Gasteiger partial charge in [0.15, 0.2) is 5.43 Å². The Labute approximate surface area is 196 Å². The van der Waals surface area contributed by atoms with E-state index in [2.05, 4.69) is 4.90 Å². The fraction of sp³-hybridized carbons (Fsp3) is 0.400. The predicted molar refractivity (Wildman–Crippen MR) is 129 cm³/mol. The van der Waals surface area contributed by atoms with Crippen LogP contribution in [0.1, 0.15) is 30.7 Å². The molecule has 0 saturated carbocycles. The first-order chi connectivity index (χ1) is 15.9. The number of anilines is 1. The number of aliphatic hydroxyl groups is 1. The number of halogens is 1. The van der Waals surface area contributed by atoms with Crippen molar-refractivity contribution in [2.45, 2.75) is 31.2 Å². The smallest absolute Gasteiger partial charge is 0.197 e. The van der Waals surface area contributed by atoms with E-state index in [1.807, 2.05) is 24.1 Å². The van der Waals surface area contributed by atoms with E-state index >= 15 is 0 Å². The highest BCUT2D eigenvalue weighted by atomic mass is 35.5. The standard InChI is InChI=1S/C25H27ClN2O5/c1-27-10-7-14(17(27)13-29)22-18(30)11-19(31)23-20(32)12-21(33-25(22)23)15-5-4-6-16(24(15)26)28-8-2-3-9-28/h4-6,11-12,14,17,29-31H,2-3,7-10,13H2,1H3/t14-,17+/m1/s1. The van der Waals surface area contributed by atoms with E-state index in [4.69, 9.17) is 16.0 Å². The third-order valence-corrected chi connectivity index (χ3v) is 7.47. The Balaban J connectivity index is 1.72. The summed E-state index contributed by atoms with van der Waals surface area (Å²) in [6.07, 6.45) is 2.89. The number of hydrogen-bond donors (Lipinski definition) is 3. The Kier molecular flexibility index (Phi) is 5.72. The van der Waals surface area contributed by atoms with Gasteiger partial charge in [0, 0.05) is 48.3 Å². The van der Waals surface area contributed by atoms with E-state index in [1.165, 1.54) is 12.1 Å². The van der Waals surface area contributed by atoms with Crippen molar-refractivity contribution in [3.8, 4) is 22.8 Å². The Hall–Kier alpha value is -2.74. The van der Waals surface area contributed by atoms with E-state index in [1.54, 1.807) is 6.07 Å². The van der Waals surface area contributed by atoms with Crippen molar-refractivity contribution in [1.29, 1.82) is 0 Å². The number of aliphatic hydroxyl groups excluding tert-OH is 1. The molecule has 0 unspecified atom stereocenters. The van der Waals surface area contributed by atoms with Gasteiger partial charge in [0.05, 0.1) is 17.3 Å². The van der Waals surface area contributed by atoms with Gasteiger partial charge in [-0.15, -0.1) is 0 Å². The predicted octanol–water partition coefficient (Wildman–Crippen LogP) is 3.90. The van der Waals surface area contributed by atoms with E-state index in [-0.39, 0.29) is 46.8 Å². The molecule has 8 heteroatoms. The molecule has 2 aliphatic heterocycles. The maximum Gasteiger partial charge on any atom is 0.197 e. The second-order valence-corrected chi connectivity index (χ2v) is 9.34. The number of phenols is 2. The van der Waals surface area contributed by atoms with Gasteiger partial charge < -0.3 is 29.5 Å². The molecule has 3 N–H and O–H groups in total. The lowest BCUT2D eigenvalue weighted by atomic mass is 9.89. The van der Waals surface area contributed by atoms with Gasteiger partial charge >= 0.3 is 0 Å². The van der Waals surface area contributed by atoms with E-state index < -0.39 is 5.43 Å². The van der Waals surface area contributed by atoms with Crippen molar-refractivity contribution in [2.75, 3.05) is 38.2 Å². The van der Waals surface area contributed by atoms with Crippen molar-refractivity contribution >= 4 is 28.3 Å². The topological polar surface area (TPSA) is 97.4 Å². The first-order valence-corrected chi connectivity index (χ1v) is 11.7. The zero-order chi connectivity index (χ0) is 23.3. The van der Waals surface area contributed by atoms with Crippen LogP contribution < -0.4 is 10.3 Å². The number of likely N-dealkylation sites (tertiary alicyclic amines) is 1. The molecule has 0 bridgehead atoms. The lowest BCUT2D eigenvalue weighted by Gasteiger charge is -2.24. The second-order valence-electron chi connectivity index (χ2n) is 8.97. The van der Waals surface area contributed by atoms with E-state index in [0.29, 0.717) is 22.6 Å². The summed E-state index contributed by atoms with van der Waals surface area (Å²) in [4.78, 5) is 17.4. The third-order valence-electron chi connectivity index (χ3n) is 7.07. The van der Waals surface area contributed by atoms with Crippen LogP contribution in [0.15, 0.2) is 39.5 Å². The minimum atomic E-state index is -0.417. The molecule has 2 saturated heterocycles. The molecule has 2 aromatic carbocycles. The molecule has 2 aliphatic rings. The Morgan fingerprint density at radius 1 is 1.12 bits per heavy atom. The number of nitrogens with zero attached hydrogens (tertiary/aromatic N) is 2. The highest BCUT2D eigenvalue weighted by Crippen LogP contribution is 2.45. The minimum absolute atomic E-state index is 0.0182. The zero-order valence-electron chi connectivity index (χ0n) is 18.4. The summed E-state index contributed by atoms with van der Waals surface area (Å²) in [6.45, 7) is 2.48. The monoisotopic (exact) mass is 470 g/mol. The number of likely N-dealkylation sites (N-methyl/N-ethyl adjacent to an activating group) is 1. The highest BCUT2D eigenvalue weighted by molar-refractivity contribution is 6.36. The lowest BCUT2D eigenvalue weighted by molar-refractivity contribution is 0.172. The van der Waals surface area contributed by atoms with Crippen molar-refractivity contribution in [2.24, 2.45) is 0 Å². The Morgan fingerprint density at radius 2 is 1.88 bits per heavy atom. The zero-order valence-corrected chi connectivity index (χ0v) is 19.2. The van der Waals surface area contributed by atoms with Gasteiger partial charge in [-0.2, -0.15) is 0 Å². The molecule has 0 spiro atoms. The molecule has 3 aromatic rings. The molecular formula is C25H27ClN2O5. The SMILES string of the molecule is CN1CC[C@@H](c2c(O)cc(O)c3c(=O)cc(-c4cccc(N5CCCC5)c4Cl)oc23)[C@@H]1CO. The van der Waals surface area contributed by atoms with Gasteiger partial charge in [0.2, 0.25) is 0 Å². The second kappa shape index (κ2) is 8.56. The molecule has 7 nitrogen and oxygen atoms in total. The van der Waals surface area contributed by atoms with Crippen LogP contribution in [0.5, 0.6) is 11.5 Å². The van der Waals surface area contributed by atoms with Gasteiger partial charge in [0.25, 0.3) is 0 Å². The molecule has 5 rings (SSSR count). The number of phenolic OH excluding ortho intramolecular Hbond substituents is 2. The average Bonchev–Trinajstić information content (AvgIpc) is 3.43. The number of benzene rings is 2. The number of aromatic hydroxyl groups is 2. The quantitative estimate of drug-likeness (QED) is 0.532. The summed E-state index contributed by atoms with van der Waals surface area (Å²) in [5, 5.41) is 31.7. The third kappa shape index (κ3) is 3.64. The number of fused-ring (bicyclic) bond motifs is 1. The molecular weight excluding hydrogens is 444 g/mol. The fourth-order valence-electron chi connectivity index (χ4n) is 5.34. The van der Waals surface area contributed by atoms with Crippen molar-refractivity contribution < 1.29 is 19.7 Å². The van der Waals surface area contributed by atoms with Crippen LogP contribution in [0.4, 0.5) is 5.69 Å². The number of hydrogen-bond acceptors (Lipinski definition) is 7. The lowest BCUT2D eigenvalue weighted by Crippen LogP contribution is -2.32. The van der Waals surface area contributed by atoms with Crippen molar-refractivity contribution in [3.05, 3.63) is 51.1 Å². The molecule has 0 aliphatic carbocycles. The molecule has 1 aromatic heterocycles. The van der Waals surface area contributed by atoms with Crippen LogP contribution in [0.2, 0.25) is 5.02 Å². The van der Waals surface area contributed by atoms with E-state index in [0.717, 1.165) is 38.2 Å². The first-order valence-electron chi connectivity index (χ1n) is 11.3. The maximum atomic E-state index is 13.1. The molecule has 2 fully saturated rings. The highest BCUT2D eigenvalue weighted by Gasteiger charge is 2.36. The molecule has 0 radical (unpaired) electrons. The molecule has 2 atom stereocenters. The van der Waals surface area contributed by atoms with Crippen LogP contribution in [-0.4, -0.2) is 59.6 Å². The van der Waals surface area contributed by atoms with Gasteiger partial charge in [-0.25, -0.2) is 0 Å². The summed E-state index contributed by atoms with van der Waals surface area (Å²) in [5.74, 6) is -0.476. The summed E-state index contributed by atoms with van der Waals surface area (Å²) in [5.41, 5.74) is 1.62. The summed E-state index contributed by atoms with van der Waals surface area (Å²) in [6, 6.07) is 7.92. The van der Waals surface area contributed by atoms with Gasteiger partial charge in [-0.3, -0.25) is 4.79 Å². The van der Waals surface area contributed by atoms with Crippen LogP contribution in [0, 0.1) is 0 Å². The Bertz CT molecular complexity index is 1270.